The maximum Gasteiger partial charge on any atom is 0.222 e. The normalized spacial score (nSPS) is 23.6. The highest BCUT2D eigenvalue weighted by Gasteiger charge is 2.25. The lowest BCUT2D eigenvalue weighted by molar-refractivity contribution is -0.131. The molecule has 0 aromatic rings. The van der Waals surface area contributed by atoms with Gasteiger partial charge in [0, 0.05) is 25.6 Å². The highest BCUT2D eigenvalue weighted by Crippen LogP contribution is 2.26. The molecule has 1 rings (SSSR count). The Balaban J connectivity index is 2.34. The van der Waals surface area contributed by atoms with Crippen LogP contribution < -0.4 is 5.73 Å². The second-order valence-corrected chi connectivity index (χ2v) is 6.46. The summed E-state index contributed by atoms with van der Waals surface area (Å²) in [5, 5.41) is 0. The van der Waals surface area contributed by atoms with Gasteiger partial charge in [-0.1, -0.05) is 27.7 Å². The van der Waals surface area contributed by atoms with Gasteiger partial charge in [-0.05, 0) is 24.2 Å². The second-order valence-electron chi connectivity index (χ2n) is 6.46. The molecule has 1 saturated heterocycles. The van der Waals surface area contributed by atoms with Gasteiger partial charge >= 0.3 is 0 Å². The molecule has 0 saturated carbocycles. The van der Waals surface area contributed by atoms with Gasteiger partial charge in [0.2, 0.25) is 5.91 Å². The van der Waals surface area contributed by atoms with Crippen molar-refractivity contribution >= 4 is 5.91 Å². The number of carbonyl (C=O) groups is 1. The Morgan fingerprint density at radius 3 is 2.56 bits per heavy atom. The van der Waals surface area contributed by atoms with Crippen LogP contribution in [0, 0.1) is 11.3 Å². The molecule has 0 aliphatic carbocycles. The fraction of sp³-hybridized carbons (Fsp3) is 0.923. The molecule has 16 heavy (non-hydrogen) atoms. The zero-order chi connectivity index (χ0) is 12.3. The number of hydrogen-bond donors (Lipinski definition) is 1. The molecule has 1 heterocycles. The van der Waals surface area contributed by atoms with Crippen molar-refractivity contribution in [3.8, 4) is 0 Å². The molecule has 0 aromatic heterocycles. The van der Waals surface area contributed by atoms with Gasteiger partial charge in [-0.3, -0.25) is 4.79 Å². The minimum Gasteiger partial charge on any atom is -0.341 e. The van der Waals surface area contributed by atoms with Crippen LogP contribution >= 0.6 is 0 Å². The Labute approximate surface area is 99.4 Å². The second kappa shape index (κ2) is 5.17. The molecule has 1 fully saturated rings. The first-order valence-corrected chi connectivity index (χ1v) is 6.31. The molecule has 1 aliphatic rings. The zero-order valence-corrected chi connectivity index (χ0v) is 11.1. The molecule has 3 heteroatoms. The Hall–Kier alpha value is -0.570. The summed E-state index contributed by atoms with van der Waals surface area (Å²) in [6.07, 6.45) is 2.72. The van der Waals surface area contributed by atoms with Crippen molar-refractivity contribution in [1.82, 2.24) is 4.90 Å². The largest absolute Gasteiger partial charge is 0.341 e. The van der Waals surface area contributed by atoms with Gasteiger partial charge < -0.3 is 10.6 Å². The van der Waals surface area contributed by atoms with E-state index >= 15 is 0 Å². The molecule has 0 spiro atoms. The van der Waals surface area contributed by atoms with Crippen molar-refractivity contribution in [2.75, 3.05) is 13.1 Å². The van der Waals surface area contributed by atoms with Crippen LogP contribution in [-0.4, -0.2) is 29.9 Å². The third-order valence-electron chi connectivity index (χ3n) is 3.06. The summed E-state index contributed by atoms with van der Waals surface area (Å²) in [6, 6.07) is 0.196. The third kappa shape index (κ3) is 4.52. The van der Waals surface area contributed by atoms with Crippen molar-refractivity contribution in [2.24, 2.45) is 17.1 Å². The van der Waals surface area contributed by atoms with Crippen LogP contribution in [0.2, 0.25) is 0 Å². The molecule has 1 amide bonds. The van der Waals surface area contributed by atoms with E-state index in [4.69, 9.17) is 5.73 Å². The summed E-state index contributed by atoms with van der Waals surface area (Å²) in [4.78, 5) is 13.9. The maximum absolute atomic E-state index is 12.0. The number of carbonyl (C=O) groups excluding carboxylic acids is 1. The topological polar surface area (TPSA) is 46.3 Å². The zero-order valence-electron chi connectivity index (χ0n) is 11.1. The summed E-state index contributed by atoms with van der Waals surface area (Å²) in [5.41, 5.74) is 6.11. The first-order valence-electron chi connectivity index (χ1n) is 6.31. The van der Waals surface area contributed by atoms with Crippen molar-refractivity contribution in [3.05, 3.63) is 0 Å². The number of nitrogens with two attached hydrogens (primary N) is 1. The van der Waals surface area contributed by atoms with Gasteiger partial charge in [0.05, 0.1) is 0 Å². The lowest BCUT2D eigenvalue weighted by Gasteiger charge is -2.24. The summed E-state index contributed by atoms with van der Waals surface area (Å²) >= 11 is 0. The van der Waals surface area contributed by atoms with Gasteiger partial charge in [-0.15, -0.1) is 0 Å². The first-order chi connectivity index (χ1) is 7.28. The van der Waals surface area contributed by atoms with E-state index in [1.54, 1.807) is 0 Å². The summed E-state index contributed by atoms with van der Waals surface area (Å²) < 4.78 is 0. The number of nitrogens with zero attached hydrogens (tertiary/aromatic N) is 1. The Morgan fingerprint density at radius 1 is 1.50 bits per heavy atom. The highest BCUT2D eigenvalue weighted by atomic mass is 16.2. The van der Waals surface area contributed by atoms with E-state index < -0.39 is 0 Å². The summed E-state index contributed by atoms with van der Waals surface area (Å²) in [5.74, 6) is 0.744. The Bertz CT molecular complexity index is 245. The van der Waals surface area contributed by atoms with E-state index in [0.717, 1.165) is 25.9 Å². The average molecular weight is 226 g/mol. The lowest BCUT2D eigenvalue weighted by atomic mass is 9.84. The molecule has 2 N–H and O–H groups in total. The molecule has 0 bridgehead atoms. The van der Waals surface area contributed by atoms with E-state index in [-0.39, 0.29) is 11.9 Å². The smallest absolute Gasteiger partial charge is 0.222 e. The predicted octanol–water partition coefficient (Wildman–Crippen LogP) is 2.01. The van der Waals surface area contributed by atoms with Gasteiger partial charge in [0.25, 0.3) is 0 Å². The van der Waals surface area contributed by atoms with Gasteiger partial charge in [0.15, 0.2) is 0 Å². The first kappa shape index (κ1) is 13.5. The molecule has 2 unspecified atom stereocenters. The van der Waals surface area contributed by atoms with E-state index in [1.807, 2.05) is 4.90 Å². The number of rotatable bonds is 3. The van der Waals surface area contributed by atoms with Gasteiger partial charge in [-0.25, -0.2) is 0 Å². The van der Waals surface area contributed by atoms with Crippen LogP contribution in [0.5, 0.6) is 0 Å². The lowest BCUT2D eigenvalue weighted by Crippen LogP contribution is -2.33. The molecule has 94 valence electrons. The van der Waals surface area contributed by atoms with Crippen LogP contribution in [-0.2, 0) is 4.79 Å². The van der Waals surface area contributed by atoms with Crippen molar-refractivity contribution in [2.45, 2.75) is 53.0 Å². The monoisotopic (exact) mass is 226 g/mol. The number of amides is 1. The summed E-state index contributed by atoms with van der Waals surface area (Å²) in [6.45, 7) is 10.4. The number of hydrogen-bond acceptors (Lipinski definition) is 2. The highest BCUT2D eigenvalue weighted by molar-refractivity contribution is 5.76. The minimum absolute atomic E-state index is 0.196. The quantitative estimate of drug-likeness (QED) is 0.800. The van der Waals surface area contributed by atoms with Gasteiger partial charge in [0.1, 0.15) is 0 Å². The van der Waals surface area contributed by atoms with Crippen molar-refractivity contribution < 1.29 is 4.79 Å². The minimum atomic E-state index is 0.196. The fourth-order valence-corrected chi connectivity index (χ4v) is 2.56. The molecule has 3 nitrogen and oxygen atoms in total. The molecule has 2 atom stereocenters. The van der Waals surface area contributed by atoms with E-state index in [1.165, 1.54) is 0 Å². The summed E-state index contributed by atoms with van der Waals surface area (Å²) in [7, 11) is 0. The van der Waals surface area contributed by atoms with Crippen LogP contribution in [0.1, 0.15) is 47.0 Å². The number of likely N-dealkylation sites (tertiary alicyclic amines) is 1. The van der Waals surface area contributed by atoms with E-state index in [0.29, 0.717) is 17.8 Å². The van der Waals surface area contributed by atoms with Crippen LogP contribution in [0.4, 0.5) is 0 Å². The van der Waals surface area contributed by atoms with Crippen LogP contribution in [0.3, 0.4) is 0 Å². The van der Waals surface area contributed by atoms with Crippen LogP contribution in [0.25, 0.3) is 0 Å². The maximum atomic E-state index is 12.0. The molecule has 1 aliphatic heterocycles. The molecule has 0 radical (unpaired) electrons. The van der Waals surface area contributed by atoms with Crippen LogP contribution in [0.15, 0.2) is 0 Å². The average Bonchev–Trinajstić information content (AvgIpc) is 2.47. The van der Waals surface area contributed by atoms with Crippen molar-refractivity contribution in [3.63, 3.8) is 0 Å². The van der Waals surface area contributed by atoms with E-state index in [9.17, 15) is 4.79 Å². The SMILES string of the molecule is CC(CC(=O)N1CCC(N)C1)CC(C)(C)C. The van der Waals surface area contributed by atoms with Gasteiger partial charge in [-0.2, -0.15) is 0 Å². The predicted molar refractivity (Wildman–Crippen MR) is 67.0 cm³/mol. The standard InChI is InChI=1S/C13H26N2O/c1-10(8-13(2,3)4)7-12(16)15-6-5-11(14)9-15/h10-11H,5-9,14H2,1-4H3. The molecule has 0 aromatic carbocycles. The molecular formula is C13H26N2O. The third-order valence-corrected chi connectivity index (χ3v) is 3.06. The fourth-order valence-electron chi connectivity index (χ4n) is 2.56. The Kier molecular flexibility index (Phi) is 4.36. The Morgan fingerprint density at radius 2 is 2.12 bits per heavy atom. The van der Waals surface area contributed by atoms with Crippen molar-refractivity contribution in [1.29, 1.82) is 0 Å². The van der Waals surface area contributed by atoms with E-state index in [2.05, 4.69) is 27.7 Å². The molecular weight excluding hydrogens is 200 g/mol.